The van der Waals surface area contributed by atoms with Crippen LogP contribution in [0, 0.1) is 0 Å². The van der Waals surface area contributed by atoms with Crippen LogP contribution in [0.3, 0.4) is 0 Å². The first-order chi connectivity index (χ1) is 6.41. The molecule has 0 saturated carbocycles. The quantitative estimate of drug-likeness (QED) is 0.425. The molecule has 13 heavy (non-hydrogen) atoms. The van der Waals surface area contributed by atoms with Crippen LogP contribution in [-0.2, 0) is 0 Å². The Morgan fingerprint density at radius 1 is 1.00 bits per heavy atom. The Kier molecular flexibility index (Phi) is 10.9. The van der Waals surface area contributed by atoms with E-state index < -0.39 is 0 Å². The fourth-order valence-electron chi connectivity index (χ4n) is 1.19. The van der Waals surface area contributed by atoms with Crippen molar-refractivity contribution in [3.63, 3.8) is 0 Å². The molecule has 0 bridgehead atoms. The molecule has 0 saturated heterocycles. The molecule has 0 aliphatic carbocycles. The molecule has 76 valence electrons. The molecule has 0 atom stereocenters. The molecule has 0 amide bonds. The predicted molar refractivity (Wildman–Crippen MR) is 61.0 cm³/mol. The van der Waals surface area contributed by atoms with E-state index >= 15 is 0 Å². The van der Waals surface area contributed by atoms with Gasteiger partial charge in [0.15, 0.2) is 0 Å². The minimum Gasteiger partial charge on any atom is -0.319 e. The van der Waals surface area contributed by atoms with Gasteiger partial charge in [0.25, 0.3) is 0 Å². The highest BCUT2D eigenvalue weighted by atomic mass is 14.8. The maximum Gasteiger partial charge on any atom is -0.00173 e. The van der Waals surface area contributed by atoms with Gasteiger partial charge in [-0.3, -0.25) is 0 Å². The summed E-state index contributed by atoms with van der Waals surface area (Å²) in [5, 5.41) is 3.12. The summed E-state index contributed by atoms with van der Waals surface area (Å²) in [7, 11) is 1.99. The second-order valence-corrected chi connectivity index (χ2v) is 3.29. The third kappa shape index (κ3) is 11.4. The van der Waals surface area contributed by atoms with Gasteiger partial charge in [0.1, 0.15) is 0 Å². The monoisotopic (exact) mass is 181 g/mol. The van der Waals surface area contributed by atoms with Crippen molar-refractivity contribution in [3.8, 4) is 0 Å². The summed E-state index contributed by atoms with van der Waals surface area (Å²) in [6.07, 6.45) is 14.1. The smallest absolute Gasteiger partial charge is 0.00173 e. The molecular weight excluding hydrogens is 158 g/mol. The Hall–Kier alpha value is -0.560. The van der Waals surface area contributed by atoms with Crippen LogP contribution in [0.4, 0.5) is 0 Å². The van der Waals surface area contributed by atoms with Crippen molar-refractivity contribution in [1.29, 1.82) is 0 Å². The Bertz CT molecular complexity index is 127. The van der Waals surface area contributed by atoms with Crippen molar-refractivity contribution in [1.82, 2.24) is 5.32 Å². The second-order valence-electron chi connectivity index (χ2n) is 3.29. The molecule has 0 heterocycles. The number of hydrogen-bond donors (Lipinski definition) is 1. The third-order valence-corrected chi connectivity index (χ3v) is 2.01. The van der Waals surface area contributed by atoms with Gasteiger partial charge in [0.2, 0.25) is 0 Å². The molecule has 0 aliphatic heterocycles. The van der Waals surface area contributed by atoms with Crippen LogP contribution in [0.15, 0.2) is 24.8 Å². The number of allylic oxidation sites excluding steroid dienone is 2. The maximum atomic E-state index is 3.71. The molecule has 0 aromatic heterocycles. The van der Waals surface area contributed by atoms with E-state index in [0.717, 1.165) is 13.0 Å². The van der Waals surface area contributed by atoms with Crippen LogP contribution in [0.5, 0.6) is 0 Å². The summed E-state index contributed by atoms with van der Waals surface area (Å²) in [6.45, 7) is 4.80. The van der Waals surface area contributed by atoms with Crippen LogP contribution in [-0.4, -0.2) is 13.6 Å². The van der Waals surface area contributed by atoms with Gasteiger partial charge >= 0.3 is 0 Å². The summed E-state index contributed by atoms with van der Waals surface area (Å²) in [6, 6.07) is 0. The molecule has 0 aromatic carbocycles. The molecule has 1 nitrogen and oxygen atoms in total. The molecular formula is C12H23N. The SMILES string of the molecule is C=CCCCCC/C=C/CCNC. The van der Waals surface area contributed by atoms with Crippen molar-refractivity contribution >= 4 is 0 Å². The van der Waals surface area contributed by atoms with Crippen LogP contribution >= 0.6 is 0 Å². The lowest BCUT2D eigenvalue weighted by Gasteiger charge is -1.95. The first-order valence-corrected chi connectivity index (χ1v) is 5.32. The lowest BCUT2D eigenvalue weighted by molar-refractivity contribution is 0.695. The van der Waals surface area contributed by atoms with E-state index in [0.29, 0.717) is 0 Å². The predicted octanol–water partition coefficient (Wildman–Crippen LogP) is 3.29. The highest BCUT2D eigenvalue weighted by Gasteiger charge is 1.84. The highest BCUT2D eigenvalue weighted by Crippen LogP contribution is 2.03. The number of hydrogen-bond acceptors (Lipinski definition) is 1. The van der Waals surface area contributed by atoms with E-state index in [1.807, 2.05) is 13.1 Å². The molecule has 0 radical (unpaired) electrons. The summed E-state index contributed by atoms with van der Waals surface area (Å²) in [5.41, 5.74) is 0. The Balaban J connectivity index is 2.97. The van der Waals surface area contributed by atoms with Gasteiger partial charge < -0.3 is 5.32 Å². The average molecular weight is 181 g/mol. The molecule has 0 rings (SSSR count). The van der Waals surface area contributed by atoms with Crippen molar-refractivity contribution in [2.45, 2.75) is 38.5 Å². The zero-order valence-corrected chi connectivity index (χ0v) is 8.89. The van der Waals surface area contributed by atoms with Crippen LogP contribution in [0.1, 0.15) is 38.5 Å². The number of unbranched alkanes of at least 4 members (excludes halogenated alkanes) is 4. The van der Waals surface area contributed by atoms with Gasteiger partial charge in [-0.2, -0.15) is 0 Å². The van der Waals surface area contributed by atoms with E-state index in [4.69, 9.17) is 0 Å². The minimum atomic E-state index is 1.09. The van der Waals surface area contributed by atoms with Gasteiger partial charge in [-0.1, -0.05) is 24.6 Å². The van der Waals surface area contributed by atoms with Gasteiger partial charge in [0.05, 0.1) is 0 Å². The normalized spacial score (nSPS) is 10.8. The van der Waals surface area contributed by atoms with E-state index in [1.165, 1.54) is 32.1 Å². The van der Waals surface area contributed by atoms with Crippen molar-refractivity contribution < 1.29 is 0 Å². The lowest BCUT2D eigenvalue weighted by Crippen LogP contribution is -2.05. The van der Waals surface area contributed by atoms with E-state index in [1.54, 1.807) is 0 Å². The zero-order chi connectivity index (χ0) is 9.78. The van der Waals surface area contributed by atoms with Crippen molar-refractivity contribution in [3.05, 3.63) is 24.8 Å². The summed E-state index contributed by atoms with van der Waals surface area (Å²) >= 11 is 0. The van der Waals surface area contributed by atoms with Gasteiger partial charge in [0, 0.05) is 0 Å². The summed E-state index contributed by atoms with van der Waals surface area (Å²) in [4.78, 5) is 0. The fraction of sp³-hybridized carbons (Fsp3) is 0.667. The largest absolute Gasteiger partial charge is 0.319 e. The van der Waals surface area contributed by atoms with Crippen LogP contribution in [0.25, 0.3) is 0 Å². The molecule has 1 N–H and O–H groups in total. The Morgan fingerprint density at radius 2 is 1.69 bits per heavy atom. The highest BCUT2D eigenvalue weighted by molar-refractivity contribution is 4.81. The topological polar surface area (TPSA) is 12.0 Å². The van der Waals surface area contributed by atoms with Crippen molar-refractivity contribution in [2.75, 3.05) is 13.6 Å². The van der Waals surface area contributed by atoms with E-state index in [-0.39, 0.29) is 0 Å². The standard InChI is InChI=1S/C12H23N/c1-3-4-5-6-7-8-9-10-11-12-13-2/h3,9-10,13H,1,4-8,11-12H2,2H3/b10-9+. The molecule has 0 aromatic rings. The van der Waals surface area contributed by atoms with Gasteiger partial charge in [-0.25, -0.2) is 0 Å². The molecule has 0 aliphatic rings. The van der Waals surface area contributed by atoms with Crippen molar-refractivity contribution in [2.24, 2.45) is 0 Å². The minimum absolute atomic E-state index is 1.09. The van der Waals surface area contributed by atoms with E-state index in [9.17, 15) is 0 Å². The summed E-state index contributed by atoms with van der Waals surface area (Å²) < 4.78 is 0. The number of rotatable bonds is 9. The van der Waals surface area contributed by atoms with Gasteiger partial charge in [-0.05, 0) is 45.7 Å². The lowest BCUT2D eigenvalue weighted by atomic mass is 10.1. The zero-order valence-electron chi connectivity index (χ0n) is 8.89. The van der Waals surface area contributed by atoms with E-state index in [2.05, 4.69) is 24.0 Å². The van der Waals surface area contributed by atoms with Crippen LogP contribution < -0.4 is 5.32 Å². The van der Waals surface area contributed by atoms with Crippen LogP contribution in [0.2, 0.25) is 0 Å². The first-order valence-electron chi connectivity index (χ1n) is 5.32. The average Bonchev–Trinajstić information content (AvgIpc) is 2.16. The first kappa shape index (κ1) is 12.4. The fourth-order valence-corrected chi connectivity index (χ4v) is 1.19. The Morgan fingerprint density at radius 3 is 2.38 bits per heavy atom. The third-order valence-electron chi connectivity index (χ3n) is 2.01. The van der Waals surface area contributed by atoms with Gasteiger partial charge in [-0.15, -0.1) is 6.58 Å². The molecule has 0 spiro atoms. The number of nitrogens with one attached hydrogen (secondary N) is 1. The molecule has 1 heteroatoms. The maximum absolute atomic E-state index is 3.71. The Labute approximate surface area is 82.9 Å². The second kappa shape index (κ2) is 11.4. The summed E-state index contributed by atoms with van der Waals surface area (Å²) in [5.74, 6) is 0. The molecule has 0 fully saturated rings. The molecule has 0 unspecified atom stereocenters.